The molecule has 6 N–H and O–H groups in total. The Morgan fingerprint density at radius 3 is 2.25 bits per heavy atom. The standard InChI is InChI=1S/C14H25N3O3/c1-4-13(5-2,14(15,18)6-3)19-12-10-8-7-9-11(12)17-20-16/h7-10,17-18H,4-6,15-16H2,1-3H3. The first-order valence-corrected chi connectivity index (χ1v) is 6.87. The molecule has 1 unspecified atom stereocenters. The second-order valence-electron chi connectivity index (χ2n) is 4.80. The first-order valence-electron chi connectivity index (χ1n) is 6.87. The van der Waals surface area contributed by atoms with Crippen molar-refractivity contribution < 1.29 is 14.8 Å². The lowest BCUT2D eigenvalue weighted by Gasteiger charge is -2.43. The van der Waals surface area contributed by atoms with Crippen LogP contribution in [0.2, 0.25) is 0 Å². The number of ether oxygens (including phenoxy) is 1. The van der Waals surface area contributed by atoms with E-state index in [1.807, 2.05) is 32.9 Å². The van der Waals surface area contributed by atoms with Gasteiger partial charge in [0.1, 0.15) is 11.4 Å². The predicted molar refractivity (Wildman–Crippen MR) is 78.7 cm³/mol. The number of aliphatic hydroxyl groups is 1. The number of hydrogen-bond acceptors (Lipinski definition) is 6. The fourth-order valence-electron chi connectivity index (χ4n) is 2.33. The highest BCUT2D eigenvalue weighted by Gasteiger charge is 2.46. The molecule has 1 atom stereocenters. The second kappa shape index (κ2) is 6.90. The largest absolute Gasteiger partial charge is 0.481 e. The minimum Gasteiger partial charge on any atom is -0.481 e. The highest BCUT2D eigenvalue weighted by Crippen LogP contribution is 2.36. The molecule has 114 valence electrons. The molecule has 0 bridgehead atoms. The molecule has 0 saturated heterocycles. The van der Waals surface area contributed by atoms with Gasteiger partial charge in [0.05, 0.1) is 0 Å². The summed E-state index contributed by atoms with van der Waals surface area (Å²) in [5.74, 6) is 5.56. The zero-order valence-electron chi connectivity index (χ0n) is 12.3. The van der Waals surface area contributed by atoms with Gasteiger partial charge in [0.2, 0.25) is 0 Å². The van der Waals surface area contributed by atoms with Crippen molar-refractivity contribution in [3.05, 3.63) is 24.3 Å². The lowest BCUT2D eigenvalue weighted by molar-refractivity contribution is -0.138. The third-order valence-corrected chi connectivity index (χ3v) is 3.83. The molecule has 1 rings (SSSR count). The van der Waals surface area contributed by atoms with Gasteiger partial charge in [0.15, 0.2) is 11.3 Å². The van der Waals surface area contributed by atoms with Crippen LogP contribution in [0.15, 0.2) is 24.3 Å². The highest BCUT2D eigenvalue weighted by molar-refractivity contribution is 5.55. The summed E-state index contributed by atoms with van der Waals surface area (Å²) in [5.41, 5.74) is 6.86. The van der Waals surface area contributed by atoms with Crippen LogP contribution in [0.1, 0.15) is 40.0 Å². The summed E-state index contributed by atoms with van der Waals surface area (Å²) in [6, 6.07) is 7.18. The average molecular weight is 283 g/mol. The van der Waals surface area contributed by atoms with Crippen molar-refractivity contribution in [2.75, 3.05) is 5.48 Å². The quantitative estimate of drug-likeness (QED) is 0.429. The molecular weight excluding hydrogens is 258 g/mol. The molecule has 0 fully saturated rings. The Balaban J connectivity index is 3.14. The number of hydrogen-bond donors (Lipinski definition) is 4. The summed E-state index contributed by atoms with van der Waals surface area (Å²) < 4.78 is 6.07. The predicted octanol–water partition coefficient (Wildman–Crippen LogP) is 1.90. The summed E-state index contributed by atoms with van der Waals surface area (Å²) in [5, 5.41) is 10.5. The number of para-hydroxylation sites is 2. The topological polar surface area (TPSA) is 103 Å². The van der Waals surface area contributed by atoms with E-state index in [2.05, 4.69) is 10.4 Å². The normalized spacial score (nSPS) is 14.7. The zero-order chi connectivity index (χ0) is 15.2. The van der Waals surface area contributed by atoms with Crippen LogP contribution >= 0.6 is 0 Å². The Hall–Kier alpha value is -1.34. The van der Waals surface area contributed by atoms with Crippen LogP contribution in [0, 0.1) is 0 Å². The molecule has 1 aromatic rings. The first-order chi connectivity index (χ1) is 9.46. The van der Waals surface area contributed by atoms with Gasteiger partial charge in [0.25, 0.3) is 0 Å². The van der Waals surface area contributed by atoms with Gasteiger partial charge >= 0.3 is 0 Å². The van der Waals surface area contributed by atoms with Crippen LogP contribution in [-0.4, -0.2) is 16.4 Å². The summed E-state index contributed by atoms with van der Waals surface area (Å²) in [7, 11) is 0. The van der Waals surface area contributed by atoms with E-state index < -0.39 is 11.3 Å². The van der Waals surface area contributed by atoms with Gasteiger partial charge in [-0.1, -0.05) is 32.9 Å². The average Bonchev–Trinajstić information content (AvgIpc) is 2.46. The molecule has 6 nitrogen and oxygen atoms in total. The molecule has 20 heavy (non-hydrogen) atoms. The smallest absolute Gasteiger partial charge is 0.153 e. The van der Waals surface area contributed by atoms with E-state index in [0.29, 0.717) is 30.7 Å². The lowest BCUT2D eigenvalue weighted by atomic mass is 9.83. The van der Waals surface area contributed by atoms with Crippen LogP contribution in [0.5, 0.6) is 5.75 Å². The molecule has 0 spiro atoms. The molecule has 0 aromatic heterocycles. The van der Waals surface area contributed by atoms with E-state index in [1.54, 1.807) is 12.1 Å². The van der Waals surface area contributed by atoms with Gasteiger partial charge in [-0.2, -0.15) is 10.8 Å². The van der Waals surface area contributed by atoms with Crippen molar-refractivity contribution >= 4 is 5.69 Å². The Labute approximate surface area is 120 Å². The van der Waals surface area contributed by atoms with E-state index in [1.165, 1.54) is 0 Å². The minimum absolute atomic E-state index is 0.387. The monoisotopic (exact) mass is 283 g/mol. The SMILES string of the molecule is CCC(N)(O)C(CC)(CC)Oc1ccccc1NON. The van der Waals surface area contributed by atoms with Crippen molar-refractivity contribution in [2.45, 2.75) is 51.4 Å². The zero-order valence-corrected chi connectivity index (χ0v) is 12.3. The van der Waals surface area contributed by atoms with Gasteiger partial charge in [-0.05, 0) is 31.4 Å². The third kappa shape index (κ3) is 3.21. The lowest BCUT2D eigenvalue weighted by Crippen LogP contribution is -2.63. The number of benzene rings is 1. The highest BCUT2D eigenvalue weighted by atomic mass is 16.8. The van der Waals surface area contributed by atoms with E-state index in [4.69, 9.17) is 16.4 Å². The van der Waals surface area contributed by atoms with E-state index in [0.717, 1.165) is 0 Å². The number of anilines is 1. The summed E-state index contributed by atoms with van der Waals surface area (Å²) in [4.78, 5) is 4.44. The molecule has 0 aliphatic carbocycles. The van der Waals surface area contributed by atoms with Gasteiger partial charge < -0.3 is 15.6 Å². The Morgan fingerprint density at radius 2 is 1.75 bits per heavy atom. The number of rotatable bonds is 8. The van der Waals surface area contributed by atoms with Crippen LogP contribution in [0.25, 0.3) is 0 Å². The molecule has 0 aliphatic heterocycles. The molecule has 0 aliphatic rings. The van der Waals surface area contributed by atoms with Crippen LogP contribution < -0.4 is 21.8 Å². The van der Waals surface area contributed by atoms with E-state index in [9.17, 15) is 5.11 Å². The molecule has 0 heterocycles. The maximum atomic E-state index is 10.5. The Morgan fingerprint density at radius 1 is 1.15 bits per heavy atom. The third-order valence-electron chi connectivity index (χ3n) is 3.83. The molecule has 0 amide bonds. The van der Waals surface area contributed by atoms with E-state index in [-0.39, 0.29) is 0 Å². The molecule has 0 radical (unpaired) electrons. The number of nitrogens with one attached hydrogen (secondary N) is 1. The van der Waals surface area contributed by atoms with Crippen molar-refractivity contribution in [3.8, 4) is 5.75 Å². The Kier molecular flexibility index (Phi) is 5.76. The van der Waals surface area contributed by atoms with Crippen molar-refractivity contribution in [3.63, 3.8) is 0 Å². The summed E-state index contributed by atoms with van der Waals surface area (Å²) in [6.45, 7) is 5.70. The molecule has 1 aromatic carbocycles. The Bertz CT molecular complexity index is 420. The van der Waals surface area contributed by atoms with Crippen molar-refractivity contribution in [1.82, 2.24) is 0 Å². The first kappa shape index (κ1) is 16.7. The molecule has 6 heteroatoms. The van der Waals surface area contributed by atoms with Gasteiger partial charge in [-0.25, -0.2) is 5.48 Å². The summed E-state index contributed by atoms with van der Waals surface area (Å²) in [6.07, 6.45) is 1.53. The van der Waals surface area contributed by atoms with Gasteiger partial charge in [0, 0.05) is 0 Å². The number of nitrogens with two attached hydrogens (primary N) is 2. The van der Waals surface area contributed by atoms with Crippen molar-refractivity contribution in [2.24, 2.45) is 11.6 Å². The van der Waals surface area contributed by atoms with Crippen LogP contribution in [0.3, 0.4) is 0 Å². The maximum absolute atomic E-state index is 10.5. The maximum Gasteiger partial charge on any atom is 0.153 e. The van der Waals surface area contributed by atoms with Crippen LogP contribution in [-0.2, 0) is 4.94 Å². The van der Waals surface area contributed by atoms with Crippen molar-refractivity contribution in [1.29, 1.82) is 0 Å². The second-order valence-corrected chi connectivity index (χ2v) is 4.80. The van der Waals surface area contributed by atoms with Gasteiger partial charge in [-0.3, -0.25) is 0 Å². The van der Waals surface area contributed by atoms with Gasteiger partial charge in [-0.15, -0.1) is 0 Å². The van der Waals surface area contributed by atoms with E-state index >= 15 is 0 Å². The van der Waals surface area contributed by atoms with Crippen LogP contribution in [0.4, 0.5) is 5.69 Å². The molecule has 0 saturated carbocycles. The fourth-order valence-corrected chi connectivity index (χ4v) is 2.33. The minimum atomic E-state index is -1.42. The fraction of sp³-hybridized carbons (Fsp3) is 0.571. The molecular formula is C14H25N3O3. The summed E-state index contributed by atoms with van der Waals surface area (Å²) >= 11 is 0.